The zero-order valence-corrected chi connectivity index (χ0v) is 11.4. The Morgan fingerprint density at radius 2 is 2.37 bits per heavy atom. The van der Waals surface area contributed by atoms with Gasteiger partial charge in [-0.1, -0.05) is 12.1 Å². The van der Waals surface area contributed by atoms with Crippen LogP contribution < -0.4 is 4.74 Å². The summed E-state index contributed by atoms with van der Waals surface area (Å²) >= 11 is 1.71. The zero-order valence-electron chi connectivity index (χ0n) is 10.6. The van der Waals surface area contributed by atoms with Crippen molar-refractivity contribution in [3.63, 3.8) is 0 Å². The fraction of sp³-hybridized carbons (Fsp3) is 0.385. The SMILES string of the molecule is Cn1ncnc1CC(O)C1CSc2ccccc2O1. The number of ether oxygens (including phenoxy) is 1. The molecule has 0 amide bonds. The van der Waals surface area contributed by atoms with Crippen LogP contribution in [0.3, 0.4) is 0 Å². The first-order chi connectivity index (χ1) is 9.24. The molecule has 5 nitrogen and oxygen atoms in total. The Kier molecular flexibility index (Phi) is 3.44. The van der Waals surface area contributed by atoms with Crippen LogP contribution in [0.2, 0.25) is 0 Å². The molecule has 2 atom stereocenters. The summed E-state index contributed by atoms with van der Waals surface area (Å²) in [6.45, 7) is 0. The Labute approximate surface area is 115 Å². The Morgan fingerprint density at radius 1 is 1.53 bits per heavy atom. The van der Waals surface area contributed by atoms with Gasteiger partial charge in [0, 0.05) is 24.1 Å². The summed E-state index contributed by atoms with van der Waals surface area (Å²) in [5.41, 5.74) is 0. The van der Waals surface area contributed by atoms with Gasteiger partial charge in [-0.2, -0.15) is 5.10 Å². The second kappa shape index (κ2) is 5.22. The monoisotopic (exact) mass is 277 g/mol. The highest BCUT2D eigenvalue weighted by molar-refractivity contribution is 7.99. The van der Waals surface area contributed by atoms with Crippen molar-refractivity contribution in [1.82, 2.24) is 14.8 Å². The van der Waals surface area contributed by atoms with E-state index in [4.69, 9.17) is 4.74 Å². The molecule has 1 N–H and O–H groups in total. The molecule has 1 aromatic carbocycles. The van der Waals surface area contributed by atoms with E-state index in [0.717, 1.165) is 22.2 Å². The molecule has 0 aliphatic carbocycles. The number of nitrogens with zero attached hydrogens (tertiary/aromatic N) is 3. The van der Waals surface area contributed by atoms with Crippen molar-refractivity contribution in [2.24, 2.45) is 7.05 Å². The molecule has 19 heavy (non-hydrogen) atoms. The van der Waals surface area contributed by atoms with E-state index in [0.29, 0.717) is 6.42 Å². The second-order valence-corrected chi connectivity index (χ2v) is 5.55. The molecule has 0 saturated heterocycles. The molecule has 2 unspecified atom stereocenters. The lowest BCUT2D eigenvalue weighted by atomic mass is 10.1. The molecule has 3 rings (SSSR count). The Hall–Kier alpha value is -1.53. The Bertz CT molecular complexity index is 573. The largest absolute Gasteiger partial charge is 0.486 e. The fourth-order valence-corrected chi connectivity index (χ4v) is 3.12. The van der Waals surface area contributed by atoms with Crippen molar-refractivity contribution in [2.75, 3.05) is 5.75 Å². The summed E-state index contributed by atoms with van der Waals surface area (Å²) in [5.74, 6) is 2.36. The highest BCUT2D eigenvalue weighted by Crippen LogP contribution is 2.35. The average Bonchev–Trinajstić information content (AvgIpc) is 2.84. The molecule has 2 aromatic rings. The first kappa shape index (κ1) is 12.5. The summed E-state index contributed by atoms with van der Waals surface area (Å²) in [6.07, 6.45) is 1.15. The second-order valence-electron chi connectivity index (χ2n) is 4.49. The number of hydrogen-bond acceptors (Lipinski definition) is 5. The maximum atomic E-state index is 10.3. The molecular weight excluding hydrogens is 262 g/mol. The summed E-state index contributed by atoms with van der Waals surface area (Å²) in [7, 11) is 1.82. The van der Waals surface area contributed by atoms with Crippen LogP contribution in [0.25, 0.3) is 0 Å². The van der Waals surface area contributed by atoms with Crippen LogP contribution in [0.15, 0.2) is 35.5 Å². The lowest BCUT2D eigenvalue weighted by molar-refractivity contribution is 0.0450. The number of thioether (sulfide) groups is 1. The van der Waals surface area contributed by atoms with Crippen molar-refractivity contribution in [3.05, 3.63) is 36.4 Å². The van der Waals surface area contributed by atoms with Gasteiger partial charge in [0.1, 0.15) is 24.0 Å². The molecule has 1 aromatic heterocycles. The van der Waals surface area contributed by atoms with E-state index >= 15 is 0 Å². The summed E-state index contributed by atoms with van der Waals surface area (Å²) in [6, 6.07) is 7.90. The molecule has 0 spiro atoms. The summed E-state index contributed by atoms with van der Waals surface area (Å²) < 4.78 is 7.53. The van der Waals surface area contributed by atoms with Gasteiger partial charge < -0.3 is 9.84 Å². The van der Waals surface area contributed by atoms with Crippen molar-refractivity contribution in [1.29, 1.82) is 0 Å². The number of aryl methyl sites for hydroxylation is 1. The van der Waals surface area contributed by atoms with Crippen LogP contribution in [-0.4, -0.2) is 37.8 Å². The van der Waals surface area contributed by atoms with Crippen LogP contribution in [0.1, 0.15) is 5.82 Å². The summed E-state index contributed by atoms with van der Waals surface area (Å²) in [5, 5.41) is 14.3. The van der Waals surface area contributed by atoms with Crippen LogP contribution in [0.5, 0.6) is 5.75 Å². The first-order valence-electron chi connectivity index (χ1n) is 6.13. The zero-order chi connectivity index (χ0) is 13.2. The topological polar surface area (TPSA) is 60.2 Å². The van der Waals surface area contributed by atoms with E-state index in [9.17, 15) is 5.11 Å². The van der Waals surface area contributed by atoms with E-state index < -0.39 is 6.10 Å². The third-order valence-electron chi connectivity index (χ3n) is 3.16. The van der Waals surface area contributed by atoms with E-state index in [1.807, 2.05) is 31.3 Å². The van der Waals surface area contributed by atoms with Crippen molar-refractivity contribution < 1.29 is 9.84 Å². The highest BCUT2D eigenvalue weighted by atomic mass is 32.2. The Morgan fingerprint density at radius 3 is 3.16 bits per heavy atom. The molecule has 0 fully saturated rings. The molecule has 2 heterocycles. The van der Waals surface area contributed by atoms with Gasteiger partial charge in [-0.3, -0.25) is 4.68 Å². The van der Waals surface area contributed by atoms with E-state index in [1.54, 1.807) is 16.4 Å². The molecule has 1 aliphatic rings. The number of rotatable bonds is 3. The van der Waals surface area contributed by atoms with Gasteiger partial charge in [0.2, 0.25) is 0 Å². The van der Waals surface area contributed by atoms with Crippen LogP contribution in [0, 0.1) is 0 Å². The van der Waals surface area contributed by atoms with E-state index in [-0.39, 0.29) is 6.10 Å². The predicted octanol–water partition coefficient (Wildman–Crippen LogP) is 1.27. The van der Waals surface area contributed by atoms with Crippen LogP contribution >= 0.6 is 11.8 Å². The smallest absolute Gasteiger partial charge is 0.138 e. The third-order valence-corrected chi connectivity index (χ3v) is 4.30. The van der Waals surface area contributed by atoms with Gasteiger partial charge in [-0.25, -0.2) is 4.98 Å². The van der Waals surface area contributed by atoms with Gasteiger partial charge in [0.05, 0.1) is 6.10 Å². The standard InChI is InChI=1S/C13H15N3O2S/c1-16-13(14-8-15-16)6-9(17)11-7-19-12-5-3-2-4-10(12)18-11/h2-5,8-9,11,17H,6-7H2,1H3. The molecule has 6 heteroatoms. The number of aromatic nitrogens is 3. The predicted molar refractivity (Wildman–Crippen MR) is 72.3 cm³/mol. The summed E-state index contributed by atoms with van der Waals surface area (Å²) in [4.78, 5) is 5.25. The minimum Gasteiger partial charge on any atom is -0.486 e. The van der Waals surface area contributed by atoms with Gasteiger partial charge in [-0.05, 0) is 12.1 Å². The average molecular weight is 277 g/mol. The molecule has 0 radical (unpaired) electrons. The van der Waals surface area contributed by atoms with E-state index in [2.05, 4.69) is 10.1 Å². The number of fused-ring (bicyclic) bond motifs is 1. The fourth-order valence-electron chi connectivity index (χ4n) is 2.05. The molecular formula is C13H15N3O2S. The number of hydrogen-bond donors (Lipinski definition) is 1. The van der Waals surface area contributed by atoms with Gasteiger partial charge in [0.25, 0.3) is 0 Å². The molecule has 1 aliphatic heterocycles. The lowest BCUT2D eigenvalue weighted by Crippen LogP contribution is -2.37. The third kappa shape index (κ3) is 2.59. The lowest BCUT2D eigenvalue weighted by Gasteiger charge is -2.28. The van der Waals surface area contributed by atoms with Crippen molar-refractivity contribution in [2.45, 2.75) is 23.5 Å². The molecule has 0 saturated carbocycles. The molecule has 100 valence electrons. The normalized spacial score (nSPS) is 19.6. The maximum Gasteiger partial charge on any atom is 0.138 e. The quantitative estimate of drug-likeness (QED) is 0.915. The number of aliphatic hydroxyl groups excluding tert-OH is 1. The Balaban J connectivity index is 1.69. The highest BCUT2D eigenvalue weighted by Gasteiger charge is 2.27. The van der Waals surface area contributed by atoms with Gasteiger partial charge >= 0.3 is 0 Å². The minimum atomic E-state index is -0.580. The maximum absolute atomic E-state index is 10.3. The molecule has 0 bridgehead atoms. The minimum absolute atomic E-state index is 0.211. The first-order valence-corrected chi connectivity index (χ1v) is 7.12. The number of benzene rings is 1. The van der Waals surface area contributed by atoms with Gasteiger partial charge in [0.15, 0.2) is 0 Å². The van der Waals surface area contributed by atoms with Crippen molar-refractivity contribution >= 4 is 11.8 Å². The number of aliphatic hydroxyl groups is 1. The van der Waals surface area contributed by atoms with Crippen LogP contribution in [0.4, 0.5) is 0 Å². The van der Waals surface area contributed by atoms with Gasteiger partial charge in [-0.15, -0.1) is 11.8 Å². The number of para-hydroxylation sites is 1. The van der Waals surface area contributed by atoms with E-state index in [1.165, 1.54) is 6.33 Å². The van der Waals surface area contributed by atoms with Crippen molar-refractivity contribution in [3.8, 4) is 5.75 Å². The van der Waals surface area contributed by atoms with Crippen LogP contribution in [-0.2, 0) is 13.5 Å².